The van der Waals surface area contributed by atoms with Gasteiger partial charge < -0.3 is 14.0 Å². The lowest BCUT2D eigenvalue weighted by atomic mass is 9.94. The van der Waals surface area contributed by atoms with Gasteiger partial charge in [-0.2, -0.15) is 0 Å². The molecule has 0 spiro atoms. The van der Waals surface area contributed by atoms with Crippen LogP contribution in [0.15, 0.2) is 79.3 Å². The van der Waals surface area contributed by atoms with E-state index in [2.05, 4.69) is 53.5 Å². The second kappa shape index (κ2) is 8.81. The molecule has 0 saturated carbocycles. The second-order valence-corrected chi connectivity index (χ2v) is 8.48. The number of pyridine rings is 1. The normalized spacial score (nSPS) is 15.1. The van der Waals surface area contributed by atoms with Crippen LogP contribution in [0, 0.1) is 6.92 Å². The summed E-state index contributed by atoms with van der Waals surface area (Å²) in [4.78, 5) is 13.9. The summed E-state index contributed by atoms with van der Waals surface area (Å²) in [5, 5.41) is 4.70. The predicted molar refractivity (Wildman–Crippen MR) is 131 cm³/mol. The molecule has 0 fully saturated rings. The van der Waals surface area contributed by atoms with Crippen molar-refractivity contribution in [3.8, 4) is 34.2 Å². The minimum absolute atomic E-state index is 0.0243. The maximum atomic E-state index is 5.89. The molecule has 0 N–H and O–H groups in total. The van der Waals surface area contributed by atoms with Crippen LogP contribution in [0.4, 0.5) is 0 Å². The number of aryl methyl sites for hydroxylation is 1. The summed E-state index contributed by atoms with van der Waals surface area (Å²) < 4.78 is 15.2. The molecule has 1 atom stereocenters. The van der Waals surface area contributed by atoms with Crippen molar-refractivity contribution in [1.82, 2.24) is 29.3 Å². The fourth-order valence-corrected chi connectivity index (χ4v) is 4.42. The summed E-state index contributed by atoms with van der Waals surface area (Å²) in [6, 6.07) is 22.7. The molecule has 1 aliphatic rings. The van der Waals surface area contributed by atoms with Crippen molar-refractivity contribution < 1.29 is 9.47 Å². The first-order valence-electron chi connectivity index (χ1n) is 11.4. The molecule has 0 saturated heterocycles. The lowest BCUT2D eigenvalue weighted by Gasteiger charge is -2.23. The van der Waals surface area contributed by atoms with E-state index in [1.54, 1.807) is 13.4 Å². The zero-order chi connectivity index (χ0) is 23.8. The van der Waals surface area contributed by atoms with Crippen LogP contribution in [0.25, 0.3) is 28.3 Å². The van der Waals surface area contributed by atoms with Crippen LogP contribution in [0.5, 0.6) is 5.88 Å². The lowest BCUT2D eigenvalue weighted by Crippen LogP contribution is -2.23. The first kappa shape index (κ1) is 21.2. The number of nitrogens with zero attached hydrogens (tertiary/aromatic N) is 6. The van der Waals surface area contributed by atoms with E-state index >= 15 is 0 Å². The minimum atomic E-state index is -0.0243. The largest absolute Gasteiger partial charge is 0.479 e. The predicted octanol–water partition coefficient (Wildman–Crippen LogP) is 4.63. The number of rotatable bonds is 5. The Labute approximate surface area is 202 Å². The quantitative estimate of drug-likeness (QED) is 0.377. The molecule has 6 rings (SSSR count). The average molecular weight is 465 g/mol. The molecule has 8 nitrogen and oxygen atoms in total. The van der Waals surface area contributed by atoms with Gasteiger partial charge in [-0.1, -0.05) is 54.6 Å². The standard InChI is InChI=1S/C27H24N6O2/c1-18-14-32(16-28-18)24-12-11-23(29-27(24)34-2)25-30-26-22(15-35-17-33(26)31-25)21-10-6-9-20(13-21)19-7-4-3-5-8-19/h3-14,16,22H,15,17H2,1-2H3. The number of benzene rings is 2. The third-order valence-corrected chi connectivity index (χ3v) is 6.16. The fraction of sp³-hybridized carbons (Fsp3) is 0.185. The van der Waals surface area contributed by atoms with Crippen LogP contribution in [-0.4, -0.2) is 43.0 Å². The Morgan fingerprint density at radius 1 is 0.971 bits per heavy atom. The molecule has 2 aromatic carbocycles. The van der Waals surface area contributed by atoms with Gasteiger partial charge in [0.1, 0.15) is 23.9 Å². The minimum Gasteiger partial charge on any atom is -0.479 e. The first-order valence-corrected chi connectivity index (χ1v) is 11.4. The zero-order valence-electron chi connectivity index (χ0n) is 19.5. The molecule has 0 aliphatic carbocycles. The number of hydrogen-bond acceptors (Lipinski definition) is 6. The molecule has 1 unspecified atom stereocenters. The first-order chi connectivity index (χ1) is 17.2. The Hall–Kier alpha value is -4.30. The maximum absolute atomic E-state index is 5.89. The fourth-order valence-electron chi connectivity index (χ4n) is 4.42. The average Bonchev–Trinajstić information content (AvgIpc) is 3.55. The number of imidazole rings is 1. The van der Waals surface area contributed by atoms with Crippen molar-refractivity contribution in [2.24, 2.45) is 0 Å². The molecule has 1 aliphatic heterocycles. The number of methoxy groups -OCH3 is 1. The van der Waals surface area contributed by atoms with Crippen molar-refractivity contribution in [3.05, 3.63) is 96.3 Å². The van der Waals surface area contributed by atoms with E-state index in [1.807, 2.05) is 40.6 Å². The molecular formula is C27H24N6O2. The monoisotopic (exact) mass is 464 g/mol. The van der Waals surface area contributed by atoms with E-state index in [1.165, 1.54) is 5.56 Å². The highest BCUT2D eigenvalue weighted by Crippen LogP contribution is 2.32. The van der Waals surface area contributed by atoms with Crippen molar-refractivity contribution in [3.63, 3.8) is 0 Å². The van der Waals surface area contributed by atoms with Crippen LogP contribution in [-0.2, 0) is 11.5 Å². The highest BCUT2D eigenvalue weighted by molar-refractivity contribution is 5.64. The van der Waals surface area contributed by atoms with Gasteiger partial charge in [-0.05, 0) is 35.7 Å². The highest BCUT2D eigenvalue weighted by atomic mass is 16.5. The van der Waals surface area contributed by atoms with E-state index in [9.17, 15) is 0 Å². The summed E-state index contributed by atoms with van der Waals surface area (Å²) in [6.07, 6.45) is 3.67. The van der Waals surface area contributed by atoms with Gasteiger partial charge in [-0.15, -0.1) is 5.10 Å². The Bertz CT molecular complexity index is 1490. The van der Waals surface area contributed by atoms with Crippen molar-refractivity contribution in [2.75, 3.05) is 13.7 Å². The molecule has 8 heteroatoms. The molecule has 0 radical (unpaired) electrons. The number of fused-ring (bicyclic) bond motifs is 1. The molecule has 3 aromatic heterocycles. The Morgan fingerprint density at radius 2 is 1.83 bits per heavy atom. The van der Waals surface area contributed by atoms with Gasteiger partial charge in [-0.3, -0.25) is 0 Å². The van der Waals surface area contributed by atoms with Gasteiger partial charge in [0.2, 0.25) is 5.88 Å². The molecule has 0 bridgehead atoms. The number of hydrogen-bond donors (Lipinski definition) is 0. The van der Waals surface area contributed by atoms with E-state index in [0.717, 1.165) is 28.3 Å². The molecule has 174 valence electrons. The third kappa shape index (κ3) is 3.98. The van der Waals surface area contributed by atoms with Crippen molar-refractivity contribution in [2.45, 2.75) is 19.6 Å². The van der Waals surface area contributed by atoms with Gasteiger partial charge in [0, 0.05) is 6.20 Å². The van der Waals surface area contributed by atoms with Gasteiger partial charge in [0.05, 0.1) is 31.7 Å². The van der Waals surface area contributed by atoms with E-state index in [4.69, 9.17) is 24.5 Å². The van der Waals surface area contributed by atoms with Crippen LogP contribution in [0.2, 0.25) is 0 Å². The van der Waals surface area contributed by atoms with Gasteiger partial charge in [0.15, 0.2) is 5.82 Å². The smallest absolute Gasteiger partial charge is 0.238 e. The summed E-state index contributed by atoms with van der Waals surface area (Å²) in [6.45, 7) is 2.85. The van der Waals surface area contributed by atoms with Crippen LogP contribution in [0.3, 0.4) is 0 Å². The summed E-state index contributed by atoms with van der Waals surface area (Å²) >= 11 is 0. The Morgan fingerprint density at radius 3 is 2.63 bits per heavy atom. The maximum Gasteiger partial charge on any atom is 0.238 e. The topological polar surface area (TPSA) is 79.9 Å². The van der Waals surface area contributed by atoms with E-state index in [0.29, 0.717) is 30.7 Å². The van der Waals surface area contributed by atoms with Crippen LogP contribution in [0.1, 0.15) is 23.0 Å². The summed E-state index contributed by atoms with van der Waals surface area (Å²) in [5.41, 5.74) is 5.85. The van der Waals surface area contributed by atoms with Gasteiger partial charge in [0.25, 0.3) is 0 Å². The molecular weight excluding hydrogens is 440 g/mol. The van der Waals surface area contributed by atoms with Gasteiger partial charge >= 0.3 is 0 Å². The number of ether oxygens (including phenoxy) is 2. The van der Waals surface area contributed by atoms with E-state index in [-0.39, 0.29) is 5.92 Å². The van der Waals surface area contributed by atoms with Crippen LogP contribution < -0.4 is 4.74 Å². The SMILES string of the molecule is COc1nc(-c2nc3n(n2)COCC3c2cccc(-c3ccccc3)c2)ccc1-n1cnc(C)c1. The zero-order valence-corrected chi connectivity index (χ0v) is 19.5. The van der Waals surface area contributed by atoms with Crippen molar-refractivity contribution in [1.29, 1.82) is 0 Å². The Kier molecular flexibility index (Phi) is 5.35. The summed E-state index contributed by atoms with van der Waals surface area (Å²) in [7, 11) is 1.61. The molecule has 35 heavy (non-hydrogen) atoms. The molecule has 0 amide bonds. The van der Waals surface area contributed by atoms with Crippen LogP contribution >= 0.6 is 0 Å². The highest BCUT2D eigenvalue weighted by Gasteiger charge is 2.27. The molecule has 5 aromatic rings. The number of aromatic nitrogens is 6. The summed E-state index contributed by atoms with van der Waals surface area (Å²) in [5.74, 6) is 1.87. The second-order valence-electron chi connectivity index (χ2n) is 8.48. The van der Waals surface area contributed by atoms with E-state index < -0.39 is 0 Å². The third-order valence-electron chi connectivity index (χ3n) is 6.16. The van der Waals surface area contributed by atoms with Gasteiger partial charge in [-0.25, -0.2) is 19.6 Å². The van der Waals surface area contributed by atoms with Crippen molar-refractivity contribution >= 4 is 0 Å². The Balaban J connectivity index is 1.35. The molecule has 4 heterocycles. The lowest BCUT2D eigenvalue weighted by molar-refractivity contribution is 0.0363.